The lowest BCUT2D eigenvalue weighted by Gasteiger charge is -2.20. The van der Waals surface area contributed by atoms with E-state index in [-0.39, 0.29) is 5.97 Å². The minimum atomic E-state index is -0.204. The normalized spacial score (nSPS) is 19.8. The average Bonchev–Trinajstić information content (AvgIpc) is 3.00. The molecule has 4 heteroatoms. The lowest BCUT2D eigenvalue weighted by atomic mass is 10.0. The predicted molar refractivity (Wildman–Crippen MR) is 77.4 cm³/mol. The molecule has 20 heavy (non-hydrogen) atoms. The Kier molecular flexibility index (Phi) is 5.56. The zero-order valence-corrected chi connectivity index (χ0v) is 12.2. The standard InChI is InChI=1S/C16H23NO3/c1-12(15-8-5-9-20-15)17-11-14-7-4-3-6-13(14)10-16(18)19-2/h3-4,6-7,12,15,17H,5,8-11H2,1-2H3. The van der Waals surface area contributed by atoms with Crippen molar-refractivity contribution in [2.24, 2.45) is 0 Å². The second-order valence-electron chi connectivity index (χ2n) is 5.24. The molecule has 2 rings (SSSR count). The highest BCUT2D eigenvalue weighted by Gasteiger charge is 2.22. The zero-order chi connectivity index (χ0) is 14.4. The molecule has 1 N–H and O–H groups in total. The van der Waals surface area contributed by atoms with Gasteiger partial charge < -0.3 is 14.8 Å². The molecule has 2 atom stereocenters. The van der Waals surface area contributed by atoms with E-state index in [1.807, 2.05) is 24.3 Å². The van der Waals surface area contributed by atoms with Crippen molar-refractivity contribution in [1.29, 1.82) is 0 Å². The van der Waals surface area contributed by atoms with Crippen LogP contribution in [0.4, 0.5) is 0 Å². The van der Waals surface area contributed by atoms with Crippen LogP contribution in [0.25, 0.3) is 0 Å². The van der Waals surface area contributed by atoms with Gasteiger partial charge in [0.2, 0.25) is 0 Å². The molecule has 0 aliphatic carbocycles. The number of methoxy groups -OCH3 is 1. The Labute approximate surface area is 120 Å². The quantitative estimate of drug-likeness (QED) is 0.809. The minimum Gasteiger partial charge on any atom is -0.469 e. The van der Waals surface area contributed by atoms with Gasteiger partial charge in [-0.1, -0.05) is 24.3 Å². The van der Waals surface area contributed by atoms with Crippen LogP contribution in [0.2, 0.25) is 0 Å². The van der Waals surface area contributed by atoms with E-state index in [2.05, 4.69) is 12.2 Å². The van der Waals surface area contributed by atoms with E-state index >= 15 is 0 Å². The van der Waals surface area contributed by atoms with Gasteiger partial charge in [0, 0.05) is 19.2 Å². The number of hydrogen-bond acceptors (Lipinski definition) is 4. The number of benzene rings is 1. The van der Waals surface area contributed by atoms with Crippen molar-refractivity contribution in [3.05, 3.63) is 35.4 Å². The first-order valence-electron chi connectivity index (χ1n) is 7.19. The van der Waals surface area contributed by atoms with Gasteiger partial charge in [-0.25, -0.2) is 0 Å². The first-order chi connectivity index (χ1) is 9.70. The number of ether oxygens (including phenoxy) is 2. The largest absolute Gasteiger partial charge is 0.469 e. The maximum absolute atomic E-state index is 11.4. The Morgan fingerprint density at radius 1 is 1.45 bits per heavy atom. The zero-order valence-electron chi connectivity index (χ0n) is 12.2. The van der Waals surface area contributed by atoms with E-state index in [1.165, 1.54) is 7.11 Å². The summed E-state index contributed by atoms with van der Waals surface area (Å²) >= 11 is 0. The van der Waals surface area contributed by atoms with Crippen molar-refractivity contribution in [2.45, 2.75) is 44.9 Å². The highest BCUT2D eigenvalue weighted by atomic mass is 16.5. The van der Waals surface area contributed by atoms with Crippen molar-refractivity contribution in [3.63, 3.8) is 0 Å². The summed E-state index contributed by atoms with van der Waals surface area (Å²) in [6, 6.07) is 8.29. The maximum Gasteiger partial charge on any atom is 0.309 e. The molecule has 0 spiro atoms. The Balaban J connectivity index is 1.92. The van der Waals surface area contributed by atoms with Crippen molar-refractivity contribution in [3.8, 4) is 0 Å². The topological polar surface area (TPSA) is 47.6 Å². The fourth-order valence-electron chi connectivity index (χ4n) is 2.53. The van der Waals surface area contributed by atoms with Gasteiger partial charge in [-0.05, 0) is 30.9 Å². The molecule has 1 saturated heterocycles. The highest BCUT2D eigenvalue weighted by molar-refractivity contribution is 5.72. The van der Waals surface area contributed by atoms with Gasteiger partial charge in [-0.2, -0.15) is 0 Å². The number of esters is 1. The van der Waals surface area contributed by atoms with Crippen LogP contribution < -0.4 is 5.32 Å². The molecule has 0 amide bonds. The second-order valence-corrected chi connectivity index (χ2v) is 5.24. The smallest absolute Gasteiger partial charge is 0.309 e. The fourth-order valence-corrected chi connectivity index (χ4v) is 2.53. The molecule has 0 radical (unpaired) electrons. The molecular formula is C16H23NO3. The molecule has 0 saturated carbocycles. The molecule has 1 aliphatic heterocycles. The number of nitrogens with one attached hydrogen (secondary N) is 1. The first-order valence-corrected chi connectivity index (χ1v) is 7.19. The number of hydrogen-bond donors (Lipinski definition) is 1. The molecule has 1 aliphatic rings. The van der Waals surface area contributed by atoms with Crippen LogP contribution in [0.5, 0.6) is 0 Å². The molecule has 0 bridgehead atoms. The molecular weight excluding hydrogens is 254 g/mol. The minimum absolute atomic E-state index is 0.204. The summed E-state index contributed by atoms with van der Waals surface area (Å²) in [7, 11) is 1.42. The third-order valence-electron chi connectivity index (χ3n) is 3.82. The summed E-state index contributed by atoms with van der Waals surface area (Å²) in [6.07, 6.45) is 2.90. The highest BCUT2D eigenvalue weighted by Crippen LogP contribution is 2.16. The van der Waals surface area contributed by atoms with Gasteiger partial charge in [-0.15, -0.1) is 0 Å². The summed E-state index contributed by atoms with van der Waals surface area (Å²) in [4.78, 5) is 11.4. The van der Waals surface area contributed by atoms with Gasteiger partial charge in [0.25, 0.3) is 0 Å². The average molecular weight is 277 g/mol. The Morgan fingerprint density at radius 3 is 2.85 bits per heavy atom. The molecule has 1 heterocycles. The van der Waals surface area contributed by atoms with Gasteiger partial charge >= 0.3 is 5.97 Å². The van der Waals surface area contributed by atoms with Crippen molar-refractivity contribution >= 4 is 5.97 Å². The van der Waals surface area contributed by atoms with Crippen LogP contribution >= 0.6 is 0 Å². The number of rotatable bonds is 6. The van der Waals surface area contributed by atoms with Crippen LogP contribution in [0, 0.1) is 0 Å². The number of carbonyl (C=O) groups is 1. The molecule has 1 aromatic rings. The molecule has 0 aromatic heterocycles. The van der Waals surface area contributed by atoms with Crippen molar-refractivity contribution < 1.29 is 14.3 Å². The third kappa shape index (κ3) is 4.05. The van der Waals surface area contributed by atoms with E-state index < -0.39 is 0 Å². The van der Waals surface area contributed by atoms with Crippen LogP contribution in [0.15, 0.2) is 24.3 Å². The molecule has 4 nitrogen and oxygen atoms in total. The summed E-state index contributed by atoms with van der Waals surface area (Å²) < 4.78 is 10.4. The van der Waals surface area contributed by atoms with Crippen LogP contribution in [0.3, 0.4) is 0 Å². The number of carbonyl (C=O) groups excluding carboxylic acids is 1. The van der Waals surface area contributed by atoms with Crippen LogP contribution in [-0.2, 0) is 27.2 Å². The van der Waals surface area contributed by atoms with Crippen LogP contribution in [0.1, 0.15) is 30.9 Å². The van der Waals surface area contributed by atoms with E-state index in [1.54, 1.807) is 0 Å². The Morgan fingerprint density at radius 2 is 2.20 bits per heavy atom. The van der Waals surface area contributed by atoms with E-state index in [4.69, 9.17) is 9.47 Å². The maximum atomic E-state index is 11.4. The fraction of sp³-hybridized carbons (Fsp3) is 0.562. The van der Waals surface area contributed by atoms with Crippen molar-refractivity contribution in [1.82, 2.24) is 5.32 Å². The van der Waals surface area contributed by atoms with Crippen molar-refractivity contribution in [2.75, 3.05) is 13.7 Å². The van der Waals surface area contributed by atoms with Gasteiger partial charge in [-0.3, -0.25) is 4.79 Å². The van der Waals surface area contributed by atoms with E-state index in [0.29, 0.717) is 18.6 Å². The van der Waals surface area contributed by atoms with Gasteiger partial charge in [0.05, 0.1) is 19.6 Å². The molecule has 1 fully saturated rings. The monoisotopic (exact) mass is 277 g/mol. The molecule has 1 aromatic carbocycles. The Bertz CT molecular complexity index is 441. The lowest BCUT2D eigenvalue weighted by molar-refractivity contribution is -0.139. The lowest BCUT2D eigenvalue weighted by Crippen LogP contribution is -2.36. The summed E-state index contributed by atoms with van der Waals surface area (Å²) in [5.41, 5.74) is 2.16. The first kappa shape index (κ1) is 15.0. The van der Waals surface area contributed by atoms with Crippen LogP contribution in [-0.4, -0.2) is 31.8 Å². The summed E-state index contributed by atoms with van der Waals surface area (Å²) in [5, 5.41) is 3.50. The molecule has 2 unspecified atom stereocenters. The third-order valence-corrected chi connectivity index (χ3v) is 3.82. The van der Waals surface area contributed by atoms with E-state index in [0.717, 1.165) is 37.1 Å². The van der Waals surface area contributed by atoms with E-state index in [9.17, 15) is 4.79 Å². The predicted octanol–water partition coefficient (Wildman–Crippen LogP) is 2.06. The van der Waals surface area contributed by atoms with Gasteiger partial charge in [0.15, 0.2) is 0 Å². The SMILES string of the molecule is COC(=O)Cc1ccccc1CNC(C)C1CCCO1. The summed E-state index contributed by atoms with van der Waals surface area (Å²) in [6.45, 7) is 3.77. The Hall–Kier alpha value is -1.39. The molecule has 110 valence electrons. The second kappa shape index (κ2) is 7.41. The van der Waals surface area contributed by atoms with Gasteiger partial charge in [0.1, 0.15) is 0 Å². The summed E-state index contributed by atoms with van der Waals surface area (Å²) in [5.74, 6) is -0.204.